The second kappa shape index (κ2) is 6.78. The minimum atomic E-state index is -2.88. The normalized spacial score (nSPS) is 21.1. The Balaban J connectivity index is 2.45. The summed E-state index contributed by atoms with van der Waals surface area (Å²) in [5, 5.41) is 3.26. The average molecular weight is 234 g/mol. The van der Waals surface area contributed by atoms with Crippen LogP contribution in [0, 0.1) is 0 Å². The molecule has 3 nitrogen and oxygen atoms in total. The Hall–Kier alpha value is -0.710. The summed E-state index contributed by atoms with van der Waals surface area (Å²) >= 11 is 0. The van der Waals surface area contributed by atoms with E-state index in [9.17, 15) is 13.6 Å². The molecule has 0 bridgehead atoms. The summed E-state index contributed by atoms with van der Waals surface area (Å²) in [7, 11) is 0. The third-order valence-electron chi connectivity index (χ3n) is 2.85. The van der Waals surface area contributed by atoms with Crippen molar-refractivity contribution >= 4 is 5.91 Å². The fourth-order valence-electron chi connectivity index (χ4n) is 2.05. The number of rotatable bonds is 5. The van der Waals surface area contributed by atoms with E-state index in [1.54, 1.807) is 0 Å². The van der Waals surface area contributed by atoms with E-state index in [-0.39, 0.29) is 6.04 Å². The Labute approximate surface area is 95.2 Å². The Kier molecular flexibility index (Phi) is 5.66. The molecule has 0 spiro atoms. The van der Waals surface area contributed by atoms with Crippen LogP contribution in [0.1, 0.15) is 32.6 Å². The maximum absolute atomic E-state index is 12.3. The maximum Gasteiger partial charge on any atom is 0.315 e. The van der Waals surface area contributed by atoms with E-state index < -0.39 is 12.3 Å². The molecular formula is C11H20F2N2O. The first-order valence-electron chi connectivity index (χ1n) is 5.95. The van der Waals surface area contributed by atoms with Gasteiger partial charge in [-0.1, -0.05) is 13.3 Å². The maximum atomic E-state index is 12.3. The molecule has 0 aromatic rings. The number of carbonyl (C=O) groups is 1. The summed E-state index contributed by atoms with van der Waals surface area (Å²) < 4.78 is 24.7. The molecule has 5 heteroatoms. The monoisotopic (exact) mass is 234 g/mol. The highest BCUT2D eigenvalue weighted by Crippen LogP contribution is 2.10. The van der Waals surface area contributed by atoms with Crippen molar-refractivity contribution in [2.24, 2.45) is 0 Å². The molecule has 1 atom stereocenters. The van der Waals surface area contributed by atoms with Gasteiger partial charge in [0.15, 0.2) is 0 Å². The van der Waals surface area contributed by atoms with Crippen molar-refractivity contribution in [1.29, 1.82) is 0 Å². The third-order valence-corrected chi connectivity index (χ3v) is 2.85. The third kappa shape index (κ3) is 4.04. The van der Waals surface area contributed by atoms with Crippen LogP contribution in [0.4, 0.5) is 8.78 Å². The van der Waals surface area contributed by atoms with Gasteiger partial charge in [0, 0.05) is 19.1 Å². The van der Waals surface area contributed by atoms with Crippen molar-refractivity contribution in [3.8, 4) is 0 Å². The highest BCUT2D eigenvalue weighted by molar-refractivity contribution is 5.79. The minimum Gasteiger partial charge on any atom is -0.336 e. The van der Waals surface area contributed by atoms with Gasteiger partial charge in [-0.3, -0.25) is 4.79 Å². The van der Waals surface area contributed by atoms with E-state index in [2.05, 4.69) is 5.32 Å². The molecule has 1 saturated heterocycles. The van der Waals surface area contributed by atoms with E-state index in [1.807, 2.05) is 6.92 Å². The van der Waals surface area contributed by atoms with E-state index in [4.69, 9.17) is 0 Å². The van der Waals surface area contributed by atoms with Gasteiger partial charge in [0.1, 0.15) is 0 Å². The van der Waals surface area contributed by atoms with Gasteiger partial charge in [-0.15, -0.1) is 0 Å². The number of halogens is 2. The summed E-state index contributed by atoms with van der Waals surface area (Å²) in [6.45, 7) is 3.64. The van der Waals surface area contributed by atoms with Crippen molar-refractivity contribution in [3.05, 3.63) is 0 Å². The van der Waals surface area contributed by atoms with Gasteiger partial charge in [0.25, 0.3) is 5.91 Å². The highest BCUT2D eigenvalue weighted by Gasteiger charge is 2.25. The molecule has 0 radical (unpaired) electrons. The van der Waals surface area contributed by atoms with Crippen molar-refractivity contribution < 1.29 is 13.6 Å². The van der Waals surface area contributed by atoms with Crippen LogP contribution in [0.2, 0.25) is 0 Å². The van der Waals surface area contributed by atoms with E-state index in [0.717, 1.165) is 25.8 Å². The Morgan fingerprint density at radius 2 is 2.25 bits per heavy atom. The summed E-state index contributed by atoms with van der Waals surface area (Å²) in [4.78, 5) is 12.5. The fourth-order valence-corrected chi connectivity index (χ4v) is 2.05. The van der Waals surface area contributed by atoms with Gasteiger partial charge >= 0.3 is 6.43 Å². The average Bonchev–Trinajstić information content (AvgIpc) is 2.29. The van der Waals surface area contributed by atoms with Crippen LogP contribution in [0.25, 0.3) is 0 Å². The second-order valence-electron chi connectivity index (χ2n) is 4.23. The quantitative estimate of drug-likeness (QED) is 0.784. The lowest BCUT2D eigenvalue weighted by atomic mass is 10.0. The Morgan fingerprint density at radius 1 is 1.50 bits per heavy atom. The first-order chi connectivity index (χ1) is 7.65. The zero-order valence-corrected chi connectivity index (χ0v) is 9.72. The fraction of sp³-hybridized carbons (Fsp3) is 0.909. The Morgan fingerprint density at radius 3 is 2.75 bits per heavy atom. The number of alkyl halides is 2. The SMILES string of the molecule is CCCN(CC1CCCCN1)C(=O)C(F)F. The summed E-state index contributed by atoms with van der Waals surface area (Å²) in [5.41, 5.74) is 0. The molecule has 1 fully saturated rings. The zero-order valence-electron chi connectivity index (χ0n) is 9.72. The first-order valence-corrected chi connectivity index (χ1v) is 5.95. The van der Waals surface area contributed by atoms with E-state index in [1.165, 1.54) is 4.90 Å². The molecule has 0 saturated carbocycles. The molecule has 1 aliphatic rings. The topological polar surface area (TPSA) is 32.3 Å². The number of hydrogen-bond donors (Lipinski definition) is 1. The number of nitrogens with one attached hydrogen (secondary N) is 1. The van der Waals surface area contributed by atoms with E-state index >= 15 is 0 Å². The van der Waals surface area contributed by atoms with Gasteiger partial charge in [-0.2, -0.15) is 8.78 Å². The van der Waals surface area contributed by atoms with Crippen molar-refractivity contribution in [3.63, 3.8) is 0 Å². The largest absolute Gasteiger partial charge is 0.336 e. The summed E-state index contributed by atoms with van der Waals surface area (Å²) in [6.07, 6.45) is 1.05. The highest BCUT2D eigenvalue weighted by atomic mass is 19.3. The number of hydrogen-bond acceptors (Lipinski definition) is 2. The molecule has 0 aromatic heterocycles. The smallest absolute Gasteiger partial charge is 0.315 e. The van der Waals surface area contributed by atoms with Gasteiger partial charge in [-0.25, -0.2) is 0 Å². The van der Waals surface area contributed by atoms with Gasteiger partial charge in [0.05, 0.1) is 0 Å². The number of piperidine rings is 1. The number of nitrogens with zero attached hydrogens (tertiary/aromatic N) is 1. The molecule has 1 rings (SSSR count). The van der Waals surface area contributed by atoms with Crippen LogP contribution in [0.5, 0.6) is 0 Å². The summed E-state index contributed by atoms with van der Waals surface area (Å²) in [5.74, 6) is -1.03. The zero-order chi connectivity index (χ0) is 12.0. The molecule has 1 heterocycles. The molecule has 0 aliphatic carbocycles. The lowest BCUT2D eigenvalue weighted by Gasteiger charge is -2.30. The predicted octanol–water partition coefficient (Wildman–Crippen LogP) is 1.63. The molecule has 1 aliphatic heterocycles. The molecule has 16 heavy (non-hydrogen) atoms. The van der Waals surface area contributed by atoms with Crippen LogP contribution in [-0.4, -0.2) is 42.9 Å². The minimum absolute atomic E-state index is 0.183. The van der Waals surface area contributed by atoms with E-state index in [0.29, 0.717) is 19.5 Å². The number of amides is 1. The molecule has 1 N–H and O–H groups in total. The van der Waals surface area contributed by atoms with Crippen molar-refractivity contribution in [1.82, 2.24) is 10.2 Å². The summed E-state index contributed by atoms with van der Waals surface area (Å²) in [6, 6.07) is 0.183. The van der Waals surface area contributed by atoms with Gasteiger partial charge < -0.3 is 10.2 Å². The van der Waals surface area contributed by atoms with Crippen LogP contribution in [0.3, 0.4) is 0 Å². The van der Waals surface area contributed by atoms with Crippen LogP contribution >= 0.6 is 0 Å². The van der Waals surface area contributed by atoms with Crippen molar-refractivity contribution in [2.75, 3.05) is 19.6 Å². The molecule has 0 aromatic carbocycles. The van der Waals surface area contributed by atoms with Crippen molar-refractivity contribution in [2.45, 2.75) is 45.1 Å². The molecule has 1 amide bonds. The van der Waals surface area contributed by atoms with Gasteiger partial charge in [0.2, 0.25) is 0 Å². The predicted molar refractivity (Wildman–Crippen MR) is 58.5 cm³/mol. The lowest BCUT2D eigenvalue weighted by Crippen LogP contribution is -2.47. The second-order valence-corrected chi connectivity index (χ2v) is 4.23. The molecular weight excluding hydrogens is 214 g/mol. The van der Waals surface area contributed by atoms with Crippen LogP contribution in [-0.2, 0) is 4.79 Å². The standard InChI is InChI=1S/C11H20F2N2O/c1-2-7-15(11(16)10(12)13)8-9-5-3-4-6-14-9/h9-10,14H,2-8H2,1H3. The Bertz CT molecular complexity index is 218. The van der Waals surface area contributed by atoms with Crippen LogP contribution < -0.4 is 5.32 Å². The first kappa shape index (κ1) is 13.4. The van der Waals surface area contributed by atoms with Crippen LogP contribution in [0.15, 0.2) is 0 Å². The lowest BCUT2D eigenvalue weighted by molar-refractivity contribution is -0.143. The molecule has 1 unspecified atom stereocenters. The number of carbonyl (C=O) groups excluding carboxylic acids is 1. The van der Waals surface area contributed by atoms with Gasteiger partial charge in [-0.05, 0) is 25.8 Å². The molecule has 94 valence electrons.